The Labute approximate surface area is 54.4 Å². The summed E-state index contributed by atoms with van der Waals surface area (Å²) in [4.78, 5) is 0. The number of hydrogen-bond donors (Lipinski definition) is 0. The van der Waals surface area contributed by atoms with E-state index in [0.29, 0.717) is 0 Å². The summed E-state index contributed by atoms with van der Waals surface area (Å²) in [7, 11) is 1.62. The molecule has 0 spiro atoms. The van der Waals surface area contributed by atoms with Crippen LogP contribution in [0.15, 0.2) is 10.2 Å². The van der Waals surface area contributed by atoms with Crippen molar-refractivity contribution in [3.05, 3.63) is 0 Å². The first-order valence-electron chi connectivity index (χ1n) is 2.97. The van der Waals surface area contributed by atoms with Crippen LogP contribution in [0.5, 0.6) is 0 Å². The van der Waals surface area contributed by atoms with E-state index in [1.54, 1.807) is 7.11 Å². The highest BCUT2D eigenvalue weighted by molar-refractivity contribution is 5.90. The maximum absolute atomic E-state index is 4.88. The van der Waals surface area contributed by atoms with Gasteiger partial charge in [0.05, 0.1) is 7.11 Å². The van der Waals surface area contributed by atoms with Crippen LogP contribution in [0.3, 0.4) is 0 Å². The molecule has 9 heavy (non-hydrogen) atoms. The fourth-order valence-corrected chi connectivity index (χ4v) is 0.672. The van der Waals surface area contributed by atoms with Gasteiger partial charge in [-0.3, -0.25) is 0 Å². The van der Waals surface area contributed by atoms with Crippen molar-refractivity contribution in [2.24, 2.45) is 10.2 Å². The molecule has 1 aliphatic heterocycles. The van der Waals surface area contributed by atoms with Gasteiger partial charge in [-0.15, -0.1) is 5.10 Å². The van der Waals surface area contributed by atoms with Crippen molar-refractivity contribution < 1.29 is 4.74 Å². The number of hydrogen-bond acceptors (Lipinski definition) is 3. The lowest BCUT2D eigenvalue weighted by Crippen LogP contribution is -2.07. The van der Waals surface area contributed by atoms with Gasteiger partial charge in [0.1, 0.15) is 0 Å². The van der Waals surface area contributed by atoms with E-state index in [2.05, 4.69) is 10.2 Å². The highest BCUT2D eigenvalue weighted by Crippen LogP contribution is 2.03. The molecule has 3 nitrogen and oxygen atoms in total. The summed E-state index contributed by atoms with van der Waals surface area (Å²) in [6, 6.07) is 0. The number of methoxy groups -OCH3 is 1. The van der Waals surface area contributed by atoms with E-state index in [1.165, 1.54) is 0 Å². The molecule has 50 valence electrons. The Morgan fingerprint density at radius 2 is 2.11 bits per heavy atom. The second kappa shape index (κ2) is 2.62. The van der Waals surface area contributed by atoms with Crippen LogP contribution < -0.4 is 0 Å². The molecule has 0 unspecified atom stereocenters. The molecule has 1 heterocycles. The highest BCUT2D eigenvalue weighted by Gasteiger charge is 2.04. The molecule has 0 amide bonds. The van der Waals surface area contributed by atoms with Crippen molar-refractivity contribution in [1.29, 1.82) is 0 Å². The summed E-state index contributed by atoms with van der Waals surface area (Å²) in [5, 5.41) is 7.67. The van der Waals surface area contributed by atoms with Crippen LogP contribution in [0.2, 0.25) is 0 Å². The number of ether oxygens (including phenoxy) is 1. The van der Waals surface area contributed by atoms with E-state index in [0.717, 1.165) is 24.5 Å². The Kier molecular flexibility index (Phi) is 1.82. The second-order valence-corrected chi connectivity index (χ2v) is 2.03. The maximum Gasteiger partial charge on any atom is 0.208 e. The molecule has 3 heteroatoms. The monoisotopic (exact) mass is 126 g/mol. The van der Waals surface area contributed by atoms with Crippen molar-refractivity contribution in [3.8, 4) is 0 Å². The summed E-state index contributed by atoms with van der Waals surface area (Å²) < 4.78 is 4.88. The Hall–Kier alpha value is -0.860. The van der Waals surface area contributed by atoms with Crippen molar-refractivity contribution in [2.75, 3.05) is 7.11 Å². The first-order valence-corrected chi connectivity index (χ1v) is 2.97. The molecule has 0 N–H and O–H groups in total. The Morgan fingerprint density at radius 1 is 1.33 bits per heavy atom. The summed E-state index contributed by atoms with van der Waals surface area (Å²) in [6.45, 7) is 1.97. The molecule has 0 aromatic rings. The summed E-state index contributed by atoms with van der Waals surface area (Å²) in [6.07, 6.45) is 1.87. The van der Waals surface area contributed by atoms with Gasteiger partial charge in [0.15, 0.2) is 0 Å². The van der Waals surface area contributed by atoms with Gasteiger partial charge >= 0.3 is 0 Å². The quantitative estimate of drug-likeness (QED) is 0.480. The largest absolute Gasteiger partial charge is 0.483 e. The zero-order chi connectivity index (χ0) is 6.69. The topological polar surface area (TPSA) is 34.0 Å². The van der Waals surface area contributed by atoms with Gasteiger partial charge in [-0.2, -0.15) is 5.10 Å². The molecule has 0 atom stereocenters. The van der Waals surface area contributed by atoms with Crippen LogP contribution in [0.4, 0.5) is 0 Å². The molecule has 0 bridgehead atoms. The van der Waals surface area contributed by atoms with Crippen LogP contribution in [0.25, 0.3) is 0 Å². The van der Waals surface area contributed by atoms with Crippen molar-refractivity contribution >= 4 is 11.6 Å². The normalized spacial score (nSPS) is 18.4. The predicted octanol–water partition coefficient (Wildman–Crippen LogP) is 1.20. The molecule has 0 aliphatic carbocycles. The van der Waals surface area contributed by atoms with E-state index in [4.69, 9.17) is 4.74 Å². The molecule has 0 saturated carbocycles. The van der Waals surface area contributed by atoms with Gasteiger partial charge in [-0.1, -0.05) is 0 Å². The molecule has 0 aromatic heterocycles. The number of nitrogens with zero attached hydrogens (tertiary/aromatic N) is 2. The van der Waals surface area contributed by atoms with E-state index < -0.39 is 0 Å². The van der Waals surface area contributed by atoms with E-state index in [9.17, 15) is 0 Å². The zero-order valence-corrected chi connectivity index (χ0v) is 5.72. The van der Waals surface area contributed by atoms with Gasteiger partial charge in [-0.25, -0.2) is 0 Å². The van der Waals surface area contributed by atoms with Gasteiger partial charge in [0.25, 0.3) is 0 Å². The van der Waals surface area contributed by atoms with Gasteiger partial charge < -0.3 is 4.74 Å². The first-order chi connectivity index (χ1) is 4.33. The lowest BCUT2D eigenvalue weighted by atomic mass is 10.2. The van der Waals surface area contributed by atoms with Crippen LogP contribution >= 0.6 is 0 Å². The van der Waals surface area contributed by atoms with E-state index in [1.807, 2.05) is 6.92 Å². The van der Waals surface area contributed by atoms with Gasteiger partial charge in [0.2, 0.25) is 5.90 Å². The van der Waals surface area contributed by atoms with Crippen molar-refractivity contribution in [3.63, 3.8) is 0 Å². The molecular weight excluding hydrogens is 116 g/mol. The van der Waals surface area contributed by atoms with Crippen LogP contribution in [0, 0.1) is 0 Å². The smallest absolute Gasteiger partial charge is 0.208 e. The lowest BCUT2D eigenvalue weighted by Gasteiger charge is -2.06. The number of rotatable bonds is 0. The van der Waals surface area contributed by atoms with Gasteiger partial charge in [-0.05, 0) is 13.3 Å². The fourth-order valence-electron chi connectivity index (χ4n) is 0.672. The summed E-state index contributed by atoms with van der Waals surface area (Å²) in [5.41, 5.74) is 1.08. The average molecular weight is 126 g/mol. The van der Waals surface area contributed by atoms with Crippen LogP contribution in [-0.2, 0) is 4.74 Å². The standard InChI is InChI=1S/C6H10N2O/c1-5-3-4-6(9-2)8-7-5/h3-4H2,1-2H3. The molecule has 0 radical (unpaired) electrons. The Balaban J connectivity index is 2.59. The summed E-state index contributed by atoms with van der Waals surface area (Å²) in [5.74, 6) is 0.737. The predicted molar refractivity (Wildman–Crippen MR) is 36.8 cm³/mol. The SMILES string of the molecule is COC1=NN=C(C)CC1. The Morgan fingerprint density at radius 3 is 2.56 bits per heavy atom. The third-order valence-electron chi connectivity index (χ3n) is 1.27. The zero-order valence-electron chi connectivity index (χ0n) is 5.72. The van der Waals surface area contributed by atoms with E-state index >= 15 is 0 Å². The highest BCUT2D eigenvalue weighted by atomic mass is 16.5. The summed E-state index contributed by atoms with van der Waals surface area (Å²) >= 11 is 0. The third-order valence-corrected chi connectivity index (χ3v) is 1.27. The molecule has 1 aliphatic rings. The average Bonchev–Trinajstić information content (AvgIpc) is 1.90. The molecule has 0 saturated heterocycles. The second-order valence-electron chi connectivity index (χ2n) is 2.03. The molecular formula is C6H10N2O. The molecule has 0 fully saturated rings. The van der Waals surface area contributed by atoms with E-state index in [-0.39, 0.29) is 0 Å². The Bertz CT molecular complexity index is 160. The van der Waals surface area contributed by atoms with Crippen LogP contribution in [-0.4, -0.2) is 18.7 Å². The van der Waals surface area contributed by atoms with Crippen molar-refractivity contribution in [2.45, 2.75) is 19.8 Å². The van der Waals surface area contributed by atoms with Crippen molar-refractivity contribution in [1.82, 2.24) is 0 Å². The van der Waals surface area contributed by atoms with Crippen LogP contribution in [0.1, 0.15) is 19.8 Å². The third kappa shape index (κ3) is 1.52. The van der Waals surface area contributed by atoms with Gasteiger partial charge in [0, 0.05) is 12.1 Å². The maximum atomic E-state index is 4.88. The minimum absolute atomic E-state index is 0.737. The first kappa shape index (κ1) is 6.26. The fraction of sp³-hybridized carbons (Fsp3) is 0.667. The molecule has 0 aromatic carbocycles. The minimum Gasteiger partial charge on any atom is -0.483 e. The lowest BCUT2D eigenvalue weighted by molar-refractivity contribution is 0.387. The minimum atomic E-state index is 0.737. The molecule has 1 rings (SSSR count).